The van der Waals surface area contributed by atoms with Crippen LogP contribution in [-0.4, -0.2) is 21.6 Å². The van der Waals surface area contributed by atoms with E-state index in [4.69, 9.17) is 5.73 Å². The molecule has 3 N–H and O–H groups in total. The summed E-state index contributed by atoms with van der Waals surface area (Å²) in [5.41, 5.74) is 5.94. The first-order valence-corrected chi connectivity index (χ1v) is 8.23. The lowest BCUT2D eigenvalue weighted by molar-refractivity contribution is -0.113. The van der Waals surface area contributed by atoms with Crippen molar-refractivity contribution in [2.75, 3.05) is 22.6 Å². The molecule has 1 fully saturated rings. The molecule has 0 aromatic heterocycles. The van der Waals surface area contributed by atoms with E-state index in [-0.39, 0.29) is 11.4 Å². The lowest BCUT2D eigenvalue weighted by Gasteiger charge is -2.10. The Morgan fingerprint density at radius 2 is 2.10 bits per heavy atom. The van der Waals surface area contributed by atoms with E-state index in [9.17, 15) is 13.4 Å². The zero-order valence-corrected chi connectivity index (χ0v) is 12.0. The zero-order chi connectivity index (χ0) is 14.5. The highest BCUT2D eigenvalue weighted by Gasteiger charge is 2.19. The molecule has 1 amide bonds. The number of nitrogens with one attached hydrogen (secondary N) is 1. The molecule has 2 rings (SSSR count). The maximum atomic E-state index is 13.4. The van der Waals surface area contributed by atoms with Crippen LogP contribution >= 0.6 is 0 Å². The second kappa shape index (κ2) is 6.83. The Bertz CT molecular complexity index is 516. The van der Waals surface area contributed by atoms with E-state index in [1.807, 2.05) is 0 Å². The molecule has 1 saturated carbocycles. The molecule has 20 heavy (non-hydrogen) atoms. The fraction of sp³-hybridized carbons (Fsp3) is 0.500. The smallest absolute Gasteiger partial charge is 0.237 e. The molecular weight excluding hydrogens is 279 g/mol. The second-order valence-corrected chi connectivity index (χ2v) is 6.69. The van der Waals surface area contributed by atoms with E-state index in [2.05, 4.69) is 5.32 Å². The Balaban J connectivity index is 1.85. The molecule has 6 heteroatoms. The van der Waals surface area contributed by atoms with E-state index in [1.54, 1.807) is 0 Å². The lowest BCUT2D eigenvalue weighted by atomic mass is 10.1. The van der Waals surface area contributed by atoms with E-state index < -0.39 is 22.5 Å². The van der Waals surface area contributed by atoms with Crippen LogP contribution in [-0.2, 0) is 15.6 Å². The van der Waals surface area contributed by atoms with Crippen LogP contribution in [0.15, 0.2) is 18.2 Å². The average Bonchev–Trinajstić information content (AvgIpc) is 2.86. The predicted molar refractivity (Wildman–Crippen MR) is 79.3 cm³/mol. The van der Waals surface area contributed by atoms with Crippen LogP contribution < -0.4 is 11.1 Å². The molecule has 1 aliphatic rings. The molecule has 1 aromatic rings. The maximum Gasteiger partial charge on any atom is 0.237 e. The number of halogens is 1. The number of carbonyl (C=O) groups is 1. The first-order valence-electron chi connectivity index (χ1n) is 6.74. The fourth-order valence-electron chi connectivity index (χ4n) is 2.47. The van der Waals surface area contributed by atoms with Gasteiger partial charge >= 0.3 is 0 Å². The molecule has 4 nitrogen and oxygen atoms in total. The van der Waals surface area contributed by atoms with Crippen LogP contribution in [0, 0.1) is 11.7 Å². The van der Waals surface area contributed by atoms with Crippen molar-refractivity contribution in [1.29, 1.82) is 0 Å². The van der Waals surface area contributed by atoms with Gasteiger partial charge in [-0.2, -0.15) is 0 Å². The Kier molecular flexibility index (Phi) is 5.11. The van der Waals surface area contributed by atoms with Gasteiger partial charge in [-0.05, 0) is 37.0 Å². The molecule has 1 unspecified atom stereocenters. The third kappa shape index (κ3) is 4.30. The lowest BCUT2D eigenvalue weighted by Crippen LogP contribution is -2.23. The van der Waals surface area contributed by atoms with Crippen molar-refractivity contribution in [3.05, 3.63) is 24.0 Å². The molecule has 0 heterocycles. The van der Waals surface area contributed by atoms with Crippen LogP contribution in [0.1, 0.15) is 25.7 Å². The highest BCUT2D eigenvalue weighted by atomic mass is 32.2. The number of carbonyl (C=O) groups excluding carboxylic acids is 1. The molecule has 0 radical (unpaired) electrons. The summed E-state index contributed by atoms with van der Waals surface area (Å²) in [7, 11) is -1.19. The van der Waals surface area contributed by atoms with E-state index in [1.165, 1.54) is 31.0 Å². The van der Waals surface area contributed by atoms with Gasteiger partial charge in [0.05, 0.1) is 5.69 Å². The predicted octanol–water partition coefficient (Wildman–Crippen LogP) is 2.29. The third-order valence-electron chi connectivity index (χ3n) is 3.45. The minimum absolute atomic E-state index is 0.0351. The SMILES string of the molecule is Nc1ccc(F)c(NC(=O)CS(=O)CC2CCCC2)c1. The summed E-state index contributed by atoms with van der Waals surface area (Å²) in [5.74, 6) is -0.0508. The monoisotopic (exact) mass is 298 g/mol. The standard InChI is InChI=1S/C14H19FN2O2S/c15-12-6-5-11(16)7-13(12)17-14(18)9-20(19)8-10-3-1-2-4-10/h5-7,10H,1-4,8-9,16H2,(H,17,18). The van der Waals surface area contributed by atoms with Gasteiger partial charge in [0.1, 0.15) is 11.6 Å². The van der Waals surface area contributed by atoms with Gasteiger partial charge in [0.2, 0.25) is 5.91 Å². The van der Waals surface area contributed by atoms with Gasteiger partial charge in [0, 0.05) is 22.2 Å². The van der Waals surface area contributed by atoms with E-state index in [0.717, 1.165) is 12.8 Å². The number of rotatable bonds is 5. The largest absolute Gasteiger partial charge is 0.399 e. The first kappa shape index (κ1) is 15.0. The normalized spacial score (nSPS) is 17.1. The van der Waals surface area contributed by atoms with Gasteiger partial charge in [-0.3, -0.25) is 9.00 Å². The number of hydrogen-bond donors (Lipinski definition) is 2. The highest BCUT2D eigenvalue weighted by molar-refractivity contribution is 7.85. The van der Waals surface area contributed by atoms with Crippen LogP contribution in [0.4, 0.5) is 15.8 Å². The number of amides is 1. The van der Waals surface area contributed by atoms with Crippen molar-refractivity contribution in [3.63, 3.8) is 0 Å². The Hall–Kier alpha value is -1.43. The van der Waals surface area contributed by atoms with Gasteiger partial charge in [-0.25, -0.2) is 4.39 Å². The number of nitrogens with two attached hydrogens (primary N) is 1. The van der Waals surface area contributed by atoms with Crippen molar-refractivity contribution in [2.45, 2.75) is 25.7 Å². The number of benzene rings is 1. The van der Waals surface area contributed by atoms with Crippen LogP contribution in [0.5, 0.6) is 0 Å². The van der Waals surface area contributed by atoms with Crippen molar-refractivity contribution in [2.24, 2.45) is 5.92 Å². The summed E-state index contributed by atoms with van der Waals surface area (Å²) >= 11 is 0. The summed E-state index contributed by atoms with van der Waals surface area (Å²) in [4.78, 5) is 11.7. The Morgan fingerprint density at radius 3 is 2.80 bits per heavy atom. The molecule has 1 aromatic carbocycles. The topological polar surface area (TPSA) is 72.2 Å². The van der Waals surface area contributed by atoms with Gasteiger partial charge in [0.25, 0.3) is 0 Å². The minimum atomic E-state index is -1.19. The van der Waals surface area contributed by atoms with Gasteiger partial charge < -0.3 is 11.1 Å². The van der Waals surface area contributed by atoms with Crippen molar-refractivity contribution >= 4 is 28.1 Å². The van der Waals surface area contributed by atoms with Gasteiger partial charge in [-0.15, -0.1) is 0 Å². The quantitative estimate of drug-likeness (QED) is 0.819. The summed E-state index contributed by atoms with van der Waals surface area (Å²) in [6, 6.07) is 3.97. The average molecular weight is 298 g/mol. The van der Waals surface area contributed by atoms with Crippen molar-refractivity contribution in [1.82, 2.24) is 0 Å². The summed E-state index contributed by atoms with van der Waals surface area (Å²) < 4.78 is 25.3. The molecule has 1 aliphatic carbocycles. The Morgan fingerprint density at radius 1 is 1.40 bits per heavy atom. The molecule has 0 spiro atoms. The molecular formula is C14H19FN2O2S. The Labute approximate surface area is 120 Å². The van der Waals surface area contributed by atoms with Crippen LogP contribution in [0.3, 0.4) is 0 Å². The van der Waals surface area contributed by atoms with E-state index in [0.29, 0.717) is 17.4 Å². The number of hydrogen-bond acceptors (Lipinski definition) is 3. The zero-order valence-electron chi connectivity index (χ0n) is 11.2. The number of nitrogen functional groups attached to an aromatic ring is 1. The van der Waals surface area contributed by atoms with Gasteiger partial charge in [0.15, 0.2) is 0 Å². The summed E-state index contributed by atoms with van der Waals surface area (Å²) in [5, 5.41) is 2.42. The van der Waals surface area contributed by atoms with Crippen LogP contribution in [0.2, 0.25) is 0 Å². The van der Waals surface area contributed by atoms with Crippen molar-refractivity contribution < 1.29 is 13.4 Å². The van der Waals surface area contributed by atoms with Crippen molar-refractivity contribution in [3.8, 4) is 0 Å². The fourth-order valence-corrected chi connectivity index (χ4v) is 3.81. The summed E-state index contributed by atoms with van der Waals surface area (Å²) in [6.45, 7) is 0. The van der Waals surface area contributed by atoms with Gasteiger partial charge in [-0.1, -0.05) is 12.8 Å². The molecule has 0 aliphatic heterocycles. The minimum Gasteiger partial charge on any atom is -0.399 e. The maximum absolute atomic E-state index is 13.4. The first-order chi connectivity index (χ1) is 9.54. The summed E-state index contributed by atoms with van der Waals surface area (Å²) in [6.07, 6.45) is 4.56. The van der Waals surface area contributed by atoms with E-state index >= 15 is 0 Å². The third-order valence-corrected chi connectivity index (χ3v) is 4.88. The molecule has 110 valence electrons. The molecule has 1 atom stereocenters. The molecule has 0 saturated heterocycles. The number of anilines is 2. The molecule has 0 bridgehead atoms. The second-order valence-electron chi connectivity index (χ2n) is 5.19. The highest BCUT2D eigenvalue weighted by Crippen LogP contribution is 2.25. The van der Waals surface area contributed by atoms with Crippen LogP contribution in [0.25, 0.3) is 0 Å².